The van der Waals surface area contributed by atoms with Gasteiger partial charge in [0.05, 0.1) is 16.7 Å². The summed E-state index contributed by atoms with van der Waals surface area (Å²) in [5.74, 6) is 1.77. The molecule has 1 unspecified atom stereocenters. The normalized spacial score (nSPS) is 14.9. The molecule has 0 spiro atoms. The molecule has 1 N–H and O–H groups in total. The zero-order valence-electron chi connectivity index (χ0n) is 15.4. The van der Waals surface area contributed by atoms with Crippen LogP contribution in [0, 0.1) is 12.8 Å². The van der Waals surface area contributed by atoms with Crippen molar-refractivity contribution in [3.63, 3.8) is 0 Å². The van der Waals surface area contributed by atoms with Crippen molar-refractivity contribution in [3.05, 3.63) is 52.9 Å². The number of nitrogens with zero attached hydrogens (tertiary/aromatic N) is 3. The van der Waals surface area contributed by atoms with E-state index in [2.05, 4.69) is 46.7 Å². The minimum absolute atomic E-state index is 0.0400. The average Bonchev–Trinajstić information content (AvgIpc) is 3.23. The minimum atomic E-state index is 0.0400. The number of hydrogen-bond acceptors (Lipinski definition) is 5. The molecular formula is C20H22N4OS2. The van der Waals surface area contributed by atoms with Crippen molar-refractivity contribution in [1.82, 2.24) is 20.1 Å². The second kappa shape index (κ2) is 7.86. The molecule has 1 fully saturated rings. The largest absolute Gasteiger partial charge is 0.348 e. The van der Waals surface area contributed by atoms with E-state index in [1.54, 1.807) is 11.3 Å². The van der Waals surface area contributed by atoms with Crippen LogP contribution in [0.2, 0.25) is 0 Å². The first-order chi connectivity index (χ1) is 13.1. The van der Waals surface area contributed by atoms with E-state index in [-0.39, 0.29) is 11.9 Å². The van der Waals surface area contributed by atoms with Crippen molar-refractivity contribution in [1.29, 1.82) is 0 Å². The molecule has 7 heteroatoms. The smallest absolute Gasteiger partial charge is 0.230 e. The third-order valence-corrected chi connectivity index (χ3v) is 6.64. The Kier molecular flexibility index (Phi) is 5.31. The van der Waals surface area contributed by atoms with Crippen molar-refractivity contribution in [2.24, 2.45) is 13.0 Å². The van der Waals surface area contributed by atoms with Gasteiger partial charge in [-0.25, -0.2) is 0 Å². The predicted octanol–water partition coefficient (Wildman–Crippen LogP) is 4.21. The van der Waals surface area contributed by atoms with Gasteiger partial charge in [0.15, 0.2) is 11.0 Å². The molecule has 5 nitrogen and oxygen atoms in total. The van der Waals surface area contributed by atoms with Crippen LogP contribution >= 0.6 is 23.1 Å². The number of aryl methyl sites for hydroxylation is 1. The summed E-state index contributed by atoms with van der Waals surface area (Å²) in [7, 11) is 1.94. The standard InChI is InChI=1S/C20H22N4OS2/c1-13-5-7-14(8-6-13)18(15-9-10-15)21-17(25)12-27-20-23-22-19(24(20)2)16-4-3-11-26-16/h3-8,11,15,18H,9-10,12H2,1-2H3,(H,21,25). The van der Waals surface area contributed by atoms with Crippen LogP contribution in [0.1, 0.15) is 30.0 Å². The van der Waals surface area contributed by atoms with E-state index in [0.717, 1.165) is 15.9 Å². The number of carbonyl (C=O) groups excluding carboxylic acids is 1. The number of thioether (sulfide) groups is 1. The van der Waals surface area contributed by atoms with Gasteiger partial charge >= 0.3 is 0 Å². The Bertz CT molecular complexity index is 914. The maximum absolute atomic E-state index is 12.6. The second-order valence-corrected chi connectivity index (χ2v) is 8.81. The summed E-state index contributed by atoms with van der Waals surface area (Å²) in [6, 6.07) is 12.6. The van der Waals surface area contributed by atoms with E-state index < -0.39 is 0 Å². The summed E-state index contributed by atoms with van der Waals surface area (Å²) in [5.41, 5.74) is 2.43. The van der Waals surface area contributed by atoms with Gasteiger partial charge < -0.3 is 9.88 Å². The molecule has 27 heavy (non-hydrogen) atoms. The number of benzene rings is 1. The summed E-state index contributed by atoms with van der Waals surface area (Å²) in [6.45, 7) is 2.08. The number of thiophene rings is 1. The Morgan fingerprint density at radius 3 is 2.74 bits per heavy atom. The van der Waals surface area contributed by atoms with Gasteiger partial charge in [-0.15, -0.1) is 21.5 Å². The van der Waals surface area contributed by atoms with Gasteiger partial charge in [0.1, 0.15) is 0 Å². The van der Waals surface area contributed by atoms with Crippen LogP contribution in [-0.4, -0.2) is 26.4 Å². The van der Waals surface area contributed by atoms with E-state index in [0.29, 0.717) is 11.7 Å². The number of aromatic nitrogens is 3. The van der Waals surface area contributed by atoms with Gasteiger partial charge in [0.2, 0.25) is 5.91 Å². The van der Waals surface area contributed by atoms with E-state index >= 15 is 0 Å². The quantitative estimate of drug-likeness (QED) is 0.606. The summed E-state index contributed by atoms with van der Waals surface area (Å²) in [4.78, 5) is 13.6. The van der Waals surface area contributed by atoms with Gasteiger partial charge in [0.25, 0.3) is 0 Å². The van der Waals surface area contributed by atoms with Gasteiger partial charge in [-0.05, 0) is 42.7 Å². The van der Waals surface area contributed by atoms with Gasteiger partial charge in [-0.2, -0.15) is 0 Å². The lowest BCUT2D eigenvalue weighted by molar-refractivity contribution is -0.119. The maximum atomic E-state index is 12.6. The summed E-state index contributed by atoms with van der Waals surface area (Å²) in [5, 5.41) is 14.5. The maximum Gasteiger partial charge on any atom is 0.230 e. The average molecular weight is 399 g/mol. The van der Waals surface area contributed by atoms with Crippen molar-refractivity contribution in [3.8, 4) is 10.7 Å². The molecule has 0 radical (unpaired) electrons. The molecular weight excluding hydrogens is 376 g/mol. The Hall–Kier alpha value is -2.12. The van der Waals surface area contributed by atoms with E-state index in [9.17, 15) is 4.79 Å². The molecule has 1 aliphatic carbocycles. The first-order valence-corrected chi connectivity index (χ1v) is 10.9. The van der Waals surface area contributed by atoms with Crippen LogP contribution in [0.5, 0.6) is 0 Å². The first-order valence-electron chi connectivity index (χ1n) is 9.04. The molecule has 0 aliphatic heterocycles. The first kappa shape index (κ1) is 18.3. The third kappa shape index (κ3) is 4.25. The molecule has 1 amide bonds. The molecule has 2 heterocycles. The highest BCUT2D eigenvalue weighted by Gasteiger charge is 2.33. The van der Waals surface area contributed by atoms with E-state index in [4.69, 9.17) is 0 Å². The number of carbonyl (C=O) groups is 1. The molecule has 3 aromatic rings. The lowest BCUT2D eigenvalue weighted by Crippen LogP contribution is -2.31. The van der Waals surface area contributed by atoms with Crippen LogP contribution in [0.3, 0.4) is 0 Å². The van der Waals surface area contributed by atoms with Crippen LogP contribution in [-0.2, 0) is 11.8 Å². The highest BCUT2D eigenvalue weighted by Crippen LogP contribution is 2.41. The molecule has 0 saturated heterocycles. The Morgan fingerprint density at radius 2 is 2.07 bits per heavy atom. The minimum Gasteiger partial charge on any atom is -0.348 e. The Labute approximate surface area is 167 Å². The van der Waals surface area contributed by atoms with E-state index in [1.165, 1.54) is 35.7 Å². The highest BCUT2D eigenvalue weighted by atomic mass is 32.2. The number of amides is 1. The Balaban J connectivity index is 1.38. The summed E-state index contributed by atoms with van der Waals surface area (Å²) >= 11 is 3.06. The molecule has 2 aromatic heterocycles. The second-order valence-electron chi connectivity index (χ2n) is 6.92. The van der Waals surface area contributed by atoms with Crippen molar-refractivity contribution in [2.75, 3.05) is 5.75 Å². The van der Waals surface area contributed by atoms with Crippen LogP contribution in [0.25, 0.3) is 10.7 Å². The zero-order valence-corrected chi connectivity index (χ0v) is 17.0. The molecule has 1 aliphatic rings. The number of hydrogen-bond donors (Lipinski definition) is 1. The molecule has 1 aromatic carbocycles. The fourth-order valence-corrected chi connectivity index (χ4v) is 4.55. The molecule has 4 rings (SSSR count). The lowest BCUT2D eigenvalue weighted by atomic mass is 10.0. The predicted molar refractivity (Wildman–Crippen MR) is 110 cm³/mol. The zero-order chi connectivity index (χ0) is 18.8. The molecule has 1 saturated carbocycles. The fraction of sp³-hybridized carbons (Fsp3) is 0.350. The molecule has 140 valence electrons. The van der Waals surface area contributed by atoms with Crippen LogP contribution < -0.4 is 5.32 Å². The van der Waals surface area contributed by atoms with Gasteiger partial charge in [0, 0.05) is 7.05 Å². The van der Waals surface area contributed by atoms with Crippen molar-refractivity contribution < 1.29 is 4.79 Å². The monoisotopic (exact) mass is 398 g/mol. The number of nitrogens with one attached hydrogen (secondary N) is 1. The van der Waals surface area contributed by atoms with Crippen LogP contribution in [0.4, 0.5) is 0 Å². The molecule has 1 atom stereocenters. The van der Waals surface area contributed by atoms with Gasteiger partial charge in [-0.3, -0.25) is 4.79 Å². The third-order valence-electron chi connectivity index (χ3n) is 4.76. The Morgan fingerprint density at radius 1 is 1.30 bits per heavy atom. The number of rotatable bonds is 7. The van der Waals surface area contributed by atoms with Crippen molar-refractivity contribution in [2.45, 2.75) is 31.0 Å². The van der Waals surface area contributed by atoms with Crippen molar-refractivity contribution >= 4 is 29.0 Å². The summed E-state index contributed by atoms with van der Waals surface area (Å²) in [6.07, 6.45) is 2.36. The summed E-state index contributed by atoms with van der Waals surface area (Å²) < 4.78 is 1.95. The SMILES string of the molecule is Cc1ccc(C(NC(=O)CSc2nnc(-c3cccs3)n2C)C2CC2)cc1. The van der Waals surface area contributed by atoms with Crippen LogP contribution in [0.15, 0.2) is 46.9 Å². The highest BCUT2D eigenvalue weighted by molar-refractivity contribution is 7.99. The van der Waals surface area contributed by atoms with Gasteiger partial charge in [-0.1, -0.05) is 47.7 Å². The topological polar surface area (TPSA) is 59.8 Å². The lowest BCUT2D eigenvalue weighted by Gasteiger charge is -2.19. The molecule has 0 bridgehead atoms. The van der Waals surface area contributed by atoms with E-state index in [1.807, 2.05) is 29.1 Å². The fourth-order valence-electron chi connectivity index (χ4n) is 3.08.